The number of fused-ring (bicyclic) bond motifs is 1. The average Bonchev–Trinajstić information content (AvgIpc) is 3.09. The van der Waals surface area contributed by atoms with Crippen LogP contribution in [0, 0.1) is 11.8 Å². The molecule has 0 saturated heterocycles. The fourth-order valence-corrected chi connectivity index (χ4v) is 4.24. The number of hydrogen-bond acceptors (Lipinski definition) is 8. The monoisotopic (exact) mass is 551 g/mol. The molecule has 0 spiro atoms. The Morgan fingerprint density at radius 3 is 1.82 bits per heavy atom. The minimum absolute atomic E-state index is 0.190. The molecule has 0 aliphatic carbocycles. The Bertz CT molecular complexity index is 1240. The summed E-state index contributed by atoms with van der Waals surface area (Å²) in [6.45, 7) is 12.0. The first-order chi connectivity index (χ1) is 18.6. The summed E-state index contributed by atoms with van der Waals surface area (Å²) < 4.78 is 16.7. The van der Waals surface area contributed by atoms with Crippen LogP contribution in [0.15, 0.2) is 48.5 Å². The molecule has 0 bridgehead atoms. The van der Waals surface area contributed by atoms with E-state index >= 15 is 0 Å². The van der Waals surface area contributed by atoms with Crippen LogP contribution in [0.4, 0.5) is 0 Å². The van der Waals surface area contributed by atoms with E-state index in [1.54, 1.807) is 84.0 Å². The Hall–Kier alpha value is -4.01. The van der Waals surface area contributed by atoms with Crippen molar-refractivity contribution in [2.24, 2.45) is 11.8 Å². The van der Waals surface area contributed by atoms with Crippen molar-refractivity contribution in [2.45, 2.75) is 66.1 Å². The number of ether oxygens (including phenoxy) is 3. The number of hydrogen-bond donors (Lipinski definition) is 0. The molecule has 1 aliphatic rings. The van der Waals surface area contributed by atoms with E-state index in [0.29, 0.717) is 23.3 Å². The third kappa shape index (κ3) is 7.55. The zero-order valence-electron chi connectivity index (χ0n) is 24.1. The van der Waals surface area contributed by atoms with Gasteiger partial charge in [-0.3, -0.25) is 28.9 Å². The molecule has 2 amide bonds. The van der Waals surface area contributed by atoms with Gasteiger partial charge in [0.25, 0.3) is 11.8 Å². The van der Waals surface area contributed by atoms with Gasteiger partial charge in [-0.15, -0.1) is 0 Å². The van der Waals surface area contributed by atoms with Gasteiger partial charge in [0.05, 0.1) is 17.7 Å². The maximum absolute atomic E-state index is 13.4. The topological polar surface area (TPSA) is 116 Å². The first kappa shape index (κ1) is 30.5. The molecule has 9 nitrogen and oxygen atoms in total. The highest BCUT2D eigenvalue weighted by atomic mass is 16.6. The molecule has 40 heavy (non-hydrogen) atoms. The molecule has 0 N–H and O–H groups in total. The Morgan fingerprint density at radius 1 is 0.800 bits per heavy atom. The molecule has 2 aromatic rings. The lowest BCUT2D eigenvalue weighted by Gasteiger charge is -2.28. The van der Waals surface area contributed by atoms with E-state index < -0.39 is 40.8 Å². The molecule has 1 aliphatic heterocycles. The maximum Gasteiger partial charge on any atom is 0.321 e. The number of nitrogens with zero attached hydrogens (tertiary/aromatic N) is 1. The van der Waals surface area contributed by atoms with Crippen LogP contribution in [0.2, 0.25) is 0 Å². The first-order valence-electron chi connectivity index (χ1n) is 13.3. The third-order valence-corrected chi connectivity index (χ3v) is 6.03. The number of carbonyl (C=O) groups is 5. The summed E-state index contributed by atoms with van der Waals surface area (Å²) in [5.74, 6) is -4.88. The van der Waals surface area contributed by atoms with Gasteiger partial charge in [0, 0.05) is 18.0 Å². The molecule has 3 rings (SSSR count). The molecule has 0 saturated carbocycles. The molecular formula is C31H37NO8. The minimum atomic E-state index is -1.45. The lowest BCUT2D eigenvalue weighted by atomic mass is 9.86. The van der Waals surface area contributed by atoms with Crippen molar-refractivity contribution in [3.05, 3.63) is 65.2 Å². The summed E-state index contributed by atoms with van der Waals surface area (Å²) in [5, 5.41) is 0. The van der Waals surface area contributed by atoms with Crippen molar-refractivity contribution in [1.82, 2.24) is 4.90 Å². The van der Waals surface area contributed by atoms with Gasteiger partial charge in [-0.1, -0.05) is 31.2 Å². The van der Waals surface area contributed by atoms with Crippen molar-refractivity contribution in [3.63, 3.8) is 0 Å². The smallest absolute Gasteiger partial charge is 0.321 e. The van der Waals surface area contributed by atoms with E-state index in [-0.39, 0.29) is 30.5 Å². The molecule has 214 valence electrons. The number of imide groups is 1. The average molecular weight is 552 g/mol. The van der Waals surface area contributed by atoms with Gasteiger partial charge < -0.3 is 14.2 Å². The molecule has 1 unspecified atom stereocenters. The minimum Gasteiger partial charge on any atom is -0.494 e. The van der Waals surface area contributed by atoms with Crippen molar-refractivity contribution in [1.29, 1.82) is 0 Å². The lowest BCUT2D eigenvalue weighted by molar-refractivity contribution is -0.176. The maximum atomic E-state index is 13.4. The number of amides is 2. The predicted octanol–water partition coefficient (Wildman–Crippen LogP) is 4.87. The van der Waals surface area contributed by atoms with Crippen LogP contribution in [0.3, 0.4) is 0 Å². The fraction of sp³-hybridized carbons (Fsp3) is 0.452. The highest BCUT2D eigenvalue weighted by Crippen LogP contribution is 2.27. The quantitative estimate of drug-likeness (QED) is 0.135. The van der Waals surface area contributed by atoms with E-state index in [1.165, 1.54) is 17.9 Å². The highest BCUT2D eigenvalue weighted by Gasteiger charge is 2.42. The number of carbonyl (C=O) groups excluding carboxylic acids is 5. The second-order valence-corrected chi connectivity index (χ2v) is 11.7. The SMILES string of the molecule is CC(C(=O)c1cccc(OCCCN2C(=O)c3ccccc3C2=O)c1)C(C(=O)OC(C)(C)C)C(=O)OC(C)(C)C. The van der Waals surface area contributed by atoms with Crippen LogP contribution in [-0.2, 0) is 19.1 Å². The zero-order valence-corrected chi connectivity index (χ0v) is 24.1. The predicted molar refractivity (Wildman–Crippen MR) is 147 cm³/mol. The van der Waals surface area contributed by atoms with Crippen molar-refractivity contribution in [3.8, 4) is 5.75 Å². The van der Waals surface area contributed by atoms with Gasteiger partial charge in [-0.05, 0) is 72.2 Å². The second-order valence-electron chi connectivity index (χ2n) is 11.7. The lowest BCUT2D eigenvalue weighted by Crippen LogP contribution is -2.42. The molecule has 1 atom stereocenters. The van der Waals surface area contributed by atoms with E-state index in [9.17, 15) is 24.0 Å². The Kier molecular flexibility index (Phi) is 9.18. The van der Waals surface area contributed by atoms with Gasteiger partial charge in [0.1, 0.15) is 17.0 Å². The van der Waals surface area contributed by atoms with Crippen LogP contribution in [0.5, 0.6) is 5.75 Å². The van der Waals surface area contributed by atoms with E-state index in [0.717, 1.165) is 0 Å². The Morgan fingerprint density at radius 2 is 1.32 bits per heavy atom. The summed E-state index contributed by atoms with van der Waals surface area (Å²) in [7, 11) is 0. The molecule has 0 radical (unpaired) electrons. The normalized spacial score (nSPS) is 14.2. The van der Waals surface area contributed by atoms with Crippen LogP contribution in [0.25, 0.3) is 0 Å². The molecule has 0 fully saturated rings. The van der Waals surface area contributed by atoms with Crippen LogP contribution in [0.1, 0.15) is 86.0 Å². The molecule has 2 aromatic carbocycles. The van der Waals surface area contributed by atoms with Gasteiger partial charge >= 0.3 is 11.9 Å². The van der Waals surface area contributed by atoms with E-state index in [1.807, 2.05) is 0 Å². The molecule has 1 heterocycles. The number of ketones is 1. The summed E-state index contributed by atoms with van der Waals surface area (Å²) in [6, 6.07) is 13.1. The van der Waals surface area contributed by atoms with Gasteiger partial charge in [-0.2, -0.15) is 0 Å². The standard InChI is InChI=1S/C31H37NO8/c1-19(24(28(36)39-30(2,3)4)29(37)40-31(5,6)7)25(33)20-12-10-13-21(18-20)38-17-11-16-32-26(34)22-14-8-9-15-23(22)27(32)35/h8-10,12-15,18-19,24H,11,16-17H2,1-7H3. The Labute approximate surface area is 234 Å². The van der Waals surface area contributed by atoms with Crippen LogP contribution >= 0.6 is 0 Å². The number of esters is 2. The first-order valence-corrected chi connectivity index (χ1v) is 13.3. The van der Waals surface area contributed by atoms with Crippen molar-refractivity contribution >= 4 is 29.5 Å². The van der Waals surface area contributed by atoms with Crippen molar-refractivity contribution < 1.29 is 38.2 Å². The van der Waals surface area contributed by atoms with Crippen LogP contribution in [-0.4, -0.2) is 58.8 Å². The highest BCUT2D eigenvalue weighted by molar-refractivity contribution is 6.21. The summed E-state index contributed by atoms with van der Waals surface area (Å²) in [5.41, 5.74) is -0.681. The molecule has 9 heteroatoms. The molecular weight excluding hydrogens is 514 g/mol. The summed E-state index contributed by atoms with van der Waals surface area (Å²) in [6.07, 6.45) is 0.388. The fourth-order valence-electron chi connectivity index (χ4n) is 4.24. The third-order valence-electron chi connectivity index (χ3n) is 6.03. The molecule has 0 aromatic heterocycles. The van der Waals surface area contributed by atoms with E-state index in [4.69, 9.17) is 14.2 Å². The number of rotatable bonds is 10. The zero-order chi connectivity index (χ0) is 29.8. The van der Waals surface area contributed by atoms with E-state index in [2.05, 4.69) is 0 Å². The number of benzene rings is 2. The van der Waals surface area contributed by atoms with Gasteiger partial charge in [0.15, 0.2) is 11.7 Å². The van der Waals surface area contributed by atoms with Crippen LogP contribution < -0.4 is 4.74 Å². The van der Waals surface area contributed by atoms with Gasteiger partial charge in [-0.25, -0.2) is 0 Å². The largest absolute Gasteiger partial charge is 0.494 e. The Balaban J connectivity index is 1.66. The second kappa shape index (κ2) is 12.0. The van der Waals surface area contributed by atoms with Gasteiger partial charge in [0.2, 0.25) is 0 Å². The number of Topliss-reactive ketones (excluding diaryl/α,β-unsaturated/α-hetero) is 1. The van der Waals surface area contributed by atoms with Crippen molar-refractivity contribution in [2.75, 3.05) is 13.2 Å². The summed E-state index contributed by atoms with van der Waals surface area (Å²) in [4.78, 5) is 65.6. The summed E-state index contributed by atoms with van der Waals surface area (Å²) >= 11 is 0.